The Labute approximate surface area is 203 Å². The highest BCUT2D eigenvalue weighted by atomic mass is 35.5. The monoisotopic (exact) mass is 490 g/mol. The number of carbonyl (C=O) groups excluding carboxylic acids is 1. The van der Waals surface area contributed by atoms with Crippen molar-refractivity contribution < 1.29 is 14.3 Å². The van der Waals surface area contributed by atoms with Crippen LogP contribution in [-0.2, 0) is 11.2 Å². The number of halogens is 1. The van der Waals surface area contributed by atoms with Crippen LogP contribution in [0.15, 0.2) is 23.1 Å². The number of aromatic amines is 1. The Morgan fingerprint density at radius 1 is 1.47 bits per heavy atom. The number of hydrogen-bond acceptors (Lipinski definition) is 8. The lowest BCUT2D eigenvalue weighted by Gasteiger charge is -2.38. The predicted molar refractivity (Wildman–Crippen MR) is 131 cm³/mol. The number of aromatic nitrogens is 2. The molecule has 4 rings (SSSR count). The highest BCUT2D eigenvalue weighted by molar-refractivity contribution is 6.33. The van der Waals surface area contributed by atoms with Crippen LogP contribution in [0.5, 0.6) is 5.75 Å². The lowest BCUT2D eigenvalue weighted by Crippen LogP contribution is -2.55. The summed E-state index contributed by atoms with van der Waals surface area (Å²) in [7, 11) is 1.65. The van der Waals surface area contributed by atoms with Crippen LogP contribution in [0.25, 0.3) is 0 Å². The summed E-state index contributed by atoms with van der Waals surface area (Å²) in [6.07, 6.45) is 2.60. The lowest BCUT2D eigenvalue weighted by molar-refractivity contribution is 0.00758. The predicted octanol–water partition coefficient (Wildman–Crippen LogP) is 1.65. The second kappa shape index (κ2) is 9.81. The van der Waals surface area contributed by atoms with Crippen molar-refractivity contribution in [1.29, 1.82) is 0 Å². The zero-order valence-corrected chi connectivity index (χ0v) is 20.4. The third-order valence-electron chi connectivity index (χ3n) is 6.25. The number of hydrogen-bond donors (Lipinski definition) is 4. The molecular weight excluding hydrogens is 460 g/mol. The van der Waals surface area contributed by atoms with E-state index in [2.05, 4.69) is 25.5 Å². The van der Waals surface area contributed by atoms with Crippen molar-refractivity contribution in [1.82, 2.24) is 20.2 Å². The molecule has 2 aliphatic heterocycles. The maximum atomic E-state index is 13.2. The maximum absolute atomic E-state index is 13.2. The van der Waals surface area contributed by atoms with Crippen LogP contribution in [0.3, 0.4) is 0 Å². The number of likely N-dealkylation sites (tertiary alicyclic amines) is 1. The number of benzene rings is 1. The Morgan fingerprint density at radius 2 is 2.26 bits per heavy atom. The number of nitrogens with two attached hydrogens (primary N) is 1. The van der Waals surface area contributed by atoms with Crippen molar-refractivity contribution in [3.8, 4) is 5.75 Å². The van der Waals surface area contributed by atoms with E-state index in [-0.39, 0.29) is 23.6 Å². The molecular formula is C23H31ClN6O4. The van der Waals surface area contributed by atoms with Crippen molar-refractivity contribution in [2.75, 3.05) is 44.3 Å². The molecule has 10 nitrogen and oxygen atoms in total. The highest BCUT2D eigenvalue weighted by Crippen LogP contribution is 2.44. The van der Waals surface area contributed by atoms with Gasteiger partial charge >= 0.3 is 0 Å². The molecule has 0 radical (unpaired) electrons. The summed E-state index contributed by atoms with van der Waals surface area (Å²) < 4.78 is 11.8. The van der Waals surface area contributed by atoms with Crippen molar-refractivity contribution in [2.24, 2.45) is 0 Å². The van der Waals surface area contributed by atoms with Gasteiger partial charge in [0.2, 0.25) is 5.95 Å². The first-order chi connectivity index (χ1) is 16.2. The molecule has 34 heavy (non-hydrogen) atoms. The number of methoxy groups -OCH3 is 1. The molecule has 0 aliphatic carbocycles. The molecule has 1 aromatic carbocycles. The molecule has 2 atom stereocenters. The Balaban J connectivity index is 1.37. The number of H-pyrrole nitrogens is 1. The van der Waals surface area contributed by atoms with E-state index < -0.39 is 5.60 Å². The van der Waals surface area contributed by atoms with Gasteiger partial charge in [0, 0.05) is 57.5 Å². The molecule has 1 saturated heterocycles. The molecule has 1 fully saturated rings. The first-order valence-electron chi connectivity index (χ1n) is 11.3. The van der Waals surface area contributed by atoms with Crippen LogP contribution in [0.1, 0.15) is 36.2 Å². The first kappa shape index (κ1) is 24.3. The minimum absolute atomic E-state index is 0.157. The lowest BCUT2D eigenvalue weighted by atomic mass is 9.97. The van der Waals surface area contributed by atoms with Gasteiger partial charge in [0.1, 0.15) is 11.4 Å². The number of anilines is 2. The third-order valence-corrected chi connectivity index (χ3v) is 6.56. The van der Waals surface area contributed by atoms with Gasteiger partial charge in [-0.25, -0.2) is 4.98 Å². The smallest absolute Gasteiger partial charge is 0.255 e. The van der Waals surface area contributed by atoms with Crippen molar-refractivity contribution in [3.05, 3.63) is 44.8 Å². The minimum Gasteiger partial charge on any atom is -0.486 e. The van der Waals surface area contributed by atoms with Crippen molar-refractivity contribution in [2.45, 2.75) is 44.4 Å². The second-order valence-electron chi connectivity index (χ2n) is 9.32. The average molecular weight is 491 g/mol. The number of rotatable bonds is 7. The van der Waals surface area contributed by atoms with Gasteiger partial charge in [-0.1, -0.05) is 11.6 Å². The molecule has 2 aliphatic rings. The fourth-order valence-electron chi connectivity index (χ4n) is 4.52. The molecule has 0 saturated carbocycles. The number of fused-ring (bicyclic) bond motifs is 1. The summed E-state index contributed by atoms with van der Waals surface area (Å²) in [5, 5.41) is 6.58. The minimum atomic E-state index is -0.451. The molecule has 3 heterocycles. The van der Waals surface area contributed by atoms with E-state index in [9.17, 15) is 9.59 Å². The molecule has 0 bridgehead atoms. The van der Waals surface area contributed by atoms with E-state index in [1.54, 1.807) is 13.2 Å². The summed E-state index contributed by atoms with van der Waals surface area (Å²) in [6.45, 7) is 6.71. The number of nitrogens with one attached hydrogen (secondary N) is 3. The molecule has 5 N–H and O–H groups in total. The molecule has 2 aromatic rings. The molecule has 1 aromatic heterocycles. The Hall–Kier alpha value is -2.82. The summed E-state index contributed by atoms with van der Waals surface area (Å²) in [5.74, 6) is 0.699. The van der Waals surface area contributed by atoms with Crippen molar-refractivity contribution in [3.63, 3.8) is 0 Å². The fraction of sp³-hybridized carbons (Fsp3) is 0.522. The van der Waals surface area contributed by atoms with E-state index in [0.29, 0.717) is 47.5 Å². The first-order valence-corrected chi connectivity index (χ1v) is 11.7. The van der Waals surface area contributed by atoms with Gasteiger partial charge in [0.15, 0.2) is 0 Å². The normalized spacial score (nSPS) is 21.5. The van der Waals surface area contributed by atoms with Crippen LogP contribution in [-0.4, -0.2) is 71.8 Å². The Morgan fingerprint density at radius 3 is 3.00 bits per heavy atom. The van der Waals surface area contributed by atoms with Gasteiger partial charge in [-0.3, -0.25) is 19.5 Å². The molecule has 184 valence electrons. The number of carbonyl (C=O) groups is 1. The van der Waals surface area contributed by atoms with Gasteiger partial charge < -0.3 is 25.8 Å². The van der Waals surface area contributed by atoms with Crippen LogP contribution in [0, 0.1) is 0 Å². The van der Waals surface area contributed by atoms with Gasteiger partial charge in [-0.05, 0) is 26.3 Å². The Kier molecular flexibility index (Phi) is 7.01. The average Bonchev–Trinajstić information content (AvgIpc) is 3.12. The van der Waals surface area contributed by atoms with E-state index in [4.69, 9.17) is 26.8 Å². The fourth-order valence-corrected chi connectivity index (χ4v) is 4.75. The van der Waals surface area contributed by atoms with Gasteiger partial charge in [-0.15, -0.1) is 0 Å². The SMILES string of the molecule is COC1CN(CCNc2nccc(=O)[nH]2)CCC1NC(=O)c1cc(Cl)c(N)c2c1OC(C)(C)C2. The third kappa shape index (κ3) is 5.29. The number of nitrogen functional groups attached to an aromatic ring is 1. The zero-order valence-electron chi connectivity index (χ0n) is 19.6. The highest BCUT2D eigenvalue weighted by Gasteiger charge is 2.37. The zero-order chi connectivity index (χ0) is 24.5. The number of amides is 1. The largest absolute Gasteiger partial charge is 0.486 e. The van der Waals surface area contributed by atoms with E-state index >= 15 is 0 Å². The van der Waals surface area contributed by atoms with Crippen LogP contribution < -0.4 is 26.7 Å². The summed E-state index contributed by atoms with van der Waals surface area (Å²) in [6, 6.07) is 2.79. The quantitative estimate of drug-likeness (QED) is 0.430. The summed E-state index contributed by atoms with van der Waals surface area (Å²) in [4.78, 5) is 33.6. The van der Waals surface area contributed by atoms with E-state index in [1.807, 2.05) is 13.8 Å². The topological polar surface area (TPSA) is 135 Å². The molecule has 11 heteroatoms. The standard InChI is InChI=1S/C23H31ClN6O4/c1-23(2)11-14-19(25)15(24)10-13(20(14)34-23)21(32)28-16-5-8-30(12-17(16)33-3)9-7-27-22-26-6-4-18(31)29-22/h4,6,10,16-17H,5,7-9,11-12,25H2,1-3H3,(H,28,32)(H2,26,27,29,31). The molecule has 0 spiro atoms. The van der Waals surface area contributed by atoms with Crippen LogP contribution >= 0.6 is 11.6 Å². The number of ether oxygens (including phenoxy) is 2. The number of nitrogens with zero attached hydrogens (tertiary/aromatic N) is 2. The summed E-state index contributed by atoms with van der Waals surface area (Å²) in [5.41, 5.74) is 7.14. The number of piperidine rings is 1. The van der Waals surface area contributed by atoms with Crippen LogP contribution in [0.2, 0.25) is 5.02 Å². The Bertz CT molecular complexity index is 1120. The summed E-state index contributed by atoms with van der Waals surface area (Å²) >= 11 is 6.33. The van der Waals surface area contributed by atoms with Gasteiger partial charge in [0.05, 0.1) is 28.4 Å². The van der Waals surface area contributed by atoms with Crippen molar-refractivity contribution >= 4 is 29.1 Å². The molecule has 2 unspecified atom stereocenters. The van der Waals surface area contributed by atoms with E-state index in [1.165, 1.54) is 12.3 Å². The van der Waals surface area contributed by atoms with Gasteiger partial charge in [-0.2, -0.15) is 0 Å². The molecule has 1 amide bonds. The maximum Gasteiger partial charge on any atom is 0.255 e. The van der Waals surface area contributed by atoms with Crippen LogP contribution in [0.4, 0.5) is 11.6 Å². The van der Waals surface area contributed by atoms with E-state index in [0.717, 1.165) is 25.1 Å². The second-order valence-corrected chi connectivity index (χ2v) is 9.73. The van der Waals surface area contributed by atoms with Gasteiger partial charge in [0.25, 0.3) is 11.5 Å².